The van der Waals surface area contributed by atoms with Crippen LogP contribution in [0.25, 0.3) is 0 Å². The molecule has 0 aliphatic rings. The first kappa shape index (κ1) is 11.8. The van der Waals surface area contributed by atoms with Gasteiger partial charge in [0.1, 0.15) is 12.2 Å². The maximum atomic E-state index is 4.14. The van der Waals surface area contributed by atoms with Crippen LogP contribution in [0.3, 0.4) is 0 Å². The SMILES string of the molecule is CCn1cnnc1CNCCc1ccnn1C. The van der Waals surface area contributed by atoms with Crippen LogP contribution in [0.2, 0.25) is 0 Å². The minimum atomic E-state index is 0.756. The van der Waals surface area contributed by atoms with Gasteiger partial charge in [0.2, 0.25) is 0 Å². The van der Waals surface area contributed by atoms with Gasteiger partial charge in [0.15, 0.2) is 0 Å². The van der Waals surface area contributed by atoms with Crippen molar-refractivity contribution in [2.45, 2.75) is 26.4 Å². The Morgan fingerprint density at radius 2 is 2.29 bits per heavy atom. The van der Waals surface area contributed by atoms with Gasteiger partial charge in [-0.15, -0.1) is 10.2 Å². The maximum Gasteiger partial charge on any atom is 0.146 e. The van der Waals surface area contributed by atoms with Crippen LogP contribution < -0.4 is 5.32 Å². The van der Waals surface area contributed by atoms with Crippen molar-refractivity contribution in [3.63, 3.8) is 0 Å². The van der Waals surface area contributed by atoms with Gasteiger partial charge >= 0.3 is 0 Å². The number of aromatic nitrogens is 5. The first-order valence-electron chi connectivity index (χ1n) is 5.85. The molecule has 2 aromatic rings. The summed E-state index contributed by atoms with van der Waals surface area (Å²) in [5.41, 5.74) is 1.23. The average molecular weight is 234 g/mol. The second kappa shape index (κ2) is 5.58. The van der Waals surface area contributed by atoms with Crippen LogP contribution in [0, 0.1) is 0 Å². The van der Waals surface area contributed by atoms with Gasteiger partial charge in [0, 0.05) is 38.4 Å². The fourth-order valence-electron chi connectivity index (χ4n) is 1.74. The number of nitrogens with zero attached hydrogens (tertiary/aromatic N) is 5. The molecule has 92 valence electrons. The van der Waals surface area contributed by atoms with E-state index >= 15 is 0 Å². The van der Waals surface area contributed by atoms with Crippen LogP contribution in [0.1, 0.15) is 18.4 Å². The third kappa shape index (κ3) is 2.91. The van der Waals surface area contributed by atoms with E-state index in [2.05, 4.69) is 27.5 Å². The summed E-state index contributed by atoms with van der Waals surface area (Å²) in [6, 6.07) is 2.04. The standard InChI is InChI=1S/C11H18N6/c1-3-17-9-13-15-11(17)8-12-6-4-10-5-7-14-16(10)2/h5,7,9,12H,3-4,6,8H2,1-2H3. The minimum absolute atomic E-state index is 0.756. The summed E-state index contributed by atoms with van der Waals surface area (Å²) in [7, 11) is 1.96. The zero-order valence-corrected chi connectivity index (χ0v) is 10.3. The van der Waals surface area contributed by atoms with E-state index in [1.165, 1.54) is 5.69 Å². The molecule has 0 saturated carbocycles. The summed E-state index contributed by atoms with van der Waals surface area (Å²) in [5, 5.41) is 15.5. The molecule has 0 aliphatic heterocycles. The predicted molar refractivity (Wildman–Crippen MR) is 64.3 cm³/mol. The van der Waals surface area contributed by atoms with E-state index in [1.54, 1.807) is 6.33 Å². The number of rotatable bonds is 6. The highest BCUT2D eigenvalue weighted by Crippen LogP contribution is 1.97. The summed E-state index contributed by atoms with van der Waals surface area (Å²) < 4.78 is 3.94. The molecule has 0 bridgehead atoms. The van der Waals surface area contributed by atoms with E-state index in [0.29, 0.717) is 0 Å². The van der Waals surface area contributed by atoms with Gasteiger partial charge in [0.25, 0.3) is 0 Å². The van der Waals surface area contributed by atoms with Crippen LogP contribution in [-0.4, -0.2) is 31.1 Å². The second-order valence-corrected chi connectivity index (χ2v) is 3.91. The third-order valence-corrected chi connectivity index (χ3v) is 2.80. The van der Waals surface area contributed by atoms with Crippen LogP contribution >= 0.6 is 0 Å². The quantitative estimate of drug-likeness (QED) is 0.733. The molecule has 0 saturated heterocycles. The van der Waals surface area contributed by atoms with Crippen molar-refractivity contribution in [3.8, 4) is 0 Å². The van der Waals surface area contributed by atoms with Crippen molar-refractivity contribution in [3.05, 3.63) is 30.1 Å². The maximum absolute atomic E-state index is 4.14. The van der Waals surface area contributed by atoms with Crippen LogP contribution in [0.5, 0.6) is 0 Å². The lowest BCUT2D eigenvalue weighted by Gasteiger charge is -2.05. The van der Waals surface area contributed by atoms with Gasteiger partial charge in [-0.25, -0.2) is 0 Å². The molecule has 0 aromatic carbocycles. The second-order valence-electron chi connectivity index (χ2n) is 3.91. The highest BCUT2D eigenvalue weighted by atomic mass is 15.3. The lowest BCUT2D eigenvalue weighted by molar-refractivity contribution is 0.598. The molecule has 6 nitrogen and oxygen atoms in total. The summed E-state index contributed by atoms with van der Waals surface area (Å²) >= 11 is 0. The molecule has 0 aliphatic carbocycles. The van der Waals surface area contributed by atoms with Crippen molar-refractivity contribution >= 4 is 0 Å². The summed E-state index contributed by atoms with van der Waals surface area (Å²) in [6.45, 7) is 4.66. The monoisotopic (exact) mass is 234 g/mol. The fraction of sp³-hybridized carbons (Fsp3) is 0.545. The molecule has 2 rings (SSSR count). The third-order valence-electron chi connectivity index (χ3n) is 2.80. The van der Waals surface area contributed by atoms with Gasteiger partial charge in [-0.2, -0.15) is 5.10 Å². The smallest absolute Gasteiger partial charge is 0.146 e. The van der Waals surface area contributed by atoms with Crippen molar-refractivity contribution in [2.75, 3.05) is 6.54 Å². The Kier molecular flexibility index (Phi) is 3.87. The van der Waals surface area contributed by atoms with E-state index in [4.69, 9.17) is 0 Å². The number of hydrogen-bond donors (Lipinski definition) is 1. The van der Waals surface area contributed by atoms with Crippen molar-refractivity contribution in [1.82, 2.24) is 29.9 Å². The summed E-state index contributed by atoms with van der Waals surface area (Å²) in [6.07, 6.45) is 4.55. The number of nitrogens with one attached hydrogen (secondary N) is 1. The Morgan fingerprint density at radius 3 is 3.00 bits per heavy atom. The van der Waals surface area contributed by atoms with Crippen molar-refractivity contribution in [2.24, 2.45) is 7.05 Å². The Balaban J connectivity index is 1.75. The average Bonchev–Trinajstić information content (AvgIpc) is 2.93. The molecular weight excluding hydrogens is 216 g/mol. The van der Waals surface area contributed by atoms with E-state index < -0.39 is 0 Å². The van der Waals surface area contributed by atoms with Gasteiger partial charge < -0.3 is 9.88 Å². The highest BCUT2D eigenvalue weighted by molar-refractivity contribution is 5.00. The lowest BCUT2D eigenvalue weighted by atomic mass is 10.3. The van der Waals surface area contributed by atoms with Gasteiger partial charge in [-0.3, -0.25) is 4.68 Å². The number of aryl methyl sites for hydroxylation is 2. The molecule has 0 amide bonds. The first-order valence-corrected chi connectivity index (χ1v) is 5.85. The lowest BCUT2D eigenvalue weighted by Crippen LogP contribution is -2.20. The topological polar surface area (TPSA) is 60.6 Å². The molecule has 6 heteroatoms. The first-order chi connectivity index (χ1) is 8.31. The molecule has 1 N–H and O–H groups in total. The Bertz CT molecular complexity index is 458. The molecule has 17 heavy (non-hydrogen) atoms. The van der Waals surface area contributed by atoms with Crippen LogP contribution in [0.4, 0.5) is 0 Å². The van der Waals surface area contributed by atoms with Gasteiger partial charge in [-0.1, -0.05) is 0 Å². The normalized spacial score (nSPS) is 10.9. The van der Waals surface area contributed by atoms with Crippen molar-refractivity contribution < 1.29 is 0 Å². The van der Waals surface area contributed by atoms with E-state index in [-0.39, 0.29) is 0 Å². The van der Waals surface area contributed by atoms with Crippen molar-refractivity contribution in [1.29, 1.82) is 0 Å². The van der Waals surface area contributed by atoms with Gasteiger partial charge in [0.05, 0.1) is 6.54 Å². The van der Waals surface area contributed by atoms with E-state index in [9.17, 15) is 0 Å². The fourth-order valence-corrected chi connectivity index (χ4v) is 1.74. The highest BCUT2D eigenvalue weighted by Gasteiger charge is 2.02. The predicted octanol–water partition coefficient (Wildman–Crippen LogP) is 0.364. The Morgan fingerprint density at radius 1 is 1.41 bits per heavy atom. The molecule has 0 atom stereocenters. The molecular formula is C11H18N6. The molecule has 0 fully saturated rings. The largest absolute Gasteiger partial charge is 0.317 e. The summed E-state index contributed by atoms with van der Waals surface area (Å²) in [5.74, 6) is 0.984. The Hall–Kier alpha value is -1.69. The van der Waals surface area contributed by atoms with E-state index in [1.807, 2.05) is 28.6 Å². The van der Waals surface area contributed by atoms with Gasteiger partial charge in [-0.05, 0) is 13.0 Å². The molecule has 2 aromatic heterocycles. The molecule has 0 unspecified atom stereocenters. The molecule has 0 radical (unpaired) electrons. The number of hydrogen-bond acceptors (Lipinski definition) is 4. The molecule has 0 spiro atoms. The van der Waals surface area contributed by atoms with Crippen LogP contribution in [0.15, 0.2) is 18.6 Å². The van der Waals surface area contributed by atoms with E-state index in [0.717, 1.165) is 31.9 Å². The zero-order chi connectivity index (χ0) is 12.1. The minimum Gasteiger partial charge on any atom is -0.317 e. The van der Waals surface area contributed by atoms with Crippen LogP contribution in [-0.2, 0) is 26.6 Å². The zero-order valence-electron chi connectivity index (χ0n) is 10.3. The Labute approximate surface area is 101 Å². The summed E-state index contributed by atoms with van der Waals surface area (Å²) in [4.78, 5) is 0. The molecule has 2 heterocycles.